The molecule has 1 aliphatic rings. The van der Waals surface area contributed by atoms with Crippen LogP contribution in [0.5, 0.6) is 5.88 Å². The molecule has 1 aliphatic heterocycles. The quantitative estimate of drug-likeness (QED) is 0.763. The summed E-state index contributed by atoms with van der Waals surface area (Å²) in [7, 11) is 1.57. The van der Waals surface area contributed by atoms with Crippen LogP contribution in [0.25, 0.3) is 0 Å². The molecule has 1 fully saturated rings. The van der Waals surface area contributed by atoms with E-state index < -0.39 is 5.60 Å². The Balaban J connectivity index is 1.69. The first-order valence-corrected chi connectivity index (χ1v) is 10.1. The second-order valence-electron chi connectivity index (χ2n) is 8.32. The maximum absolute atomic E-state index is 12.4. The number of rotatable bonds is 5. The summed E-state index contributed by atoms with van der Waals surface area (Å²) in [5.41, 5.74) is 1.10. The Hall–Kier alpha value is -3.10. The summed E-state index contributed by atoms with van der Waals surface area (Å²) in [5, 5.41) is 6.61. The number of amides is 1. The van der Waals surface area contributed by atoms with Gasteiger partial charge in [-0.05, 0) is 52.7 Å². The summed E-state index contributed by atoms with van der Waals surface area (Å²) in [4.78, 5) is 27.3. The SMILES string of the molecule is COc1ncccc1Nc1ncc(C)c(NC2CCCN(C(=O)OC(C)(C)C)C2)n1. The molecular weight excluding hydrogens is 384 g/mol. The number of anilines is 3. The molecule has 0 radical (unpaired) electrons. The average Bonchev–Trinajstić information content (AvgIpc) is 2.70. The van der Waals surface area contributed by atoms with E-state index in [1.165, 1.54) is 0 Å². The molecule has 1 unspecified atom stereocenters. The van der Waals surface area contributed by atoms with Gasteiger partial charge in [0.2, 0.25) is 11.8 Å². The summed E-state index contributed by atoms with van der Waals surface area (Å²) in [5.74, 6) is 1.64. The molecule has 2 aromatic rings. The minimum Gasteiger partial charge on any atom is -0.480 e. The van der Waals surface area contributed by atoms with E-state index in [4.69, 9.17) is 9.47 Å². The van der Waals surface area contributed by atoms with Crippen LogP contribution in [0, 0.1) is 6.92 Å². The number of carbonyl (C=O) groups excluding carboxylic acids is 1. The largest absolute Gasteiger partial charge is 0.480 e. The highest BCUT2D eigenvalue weighted by Crippen LogP contribution is 2.25. The van der Waals surface area contributed by atoms with Crippen molar-refractivity contribution in [2.75, 3.05) is 30.8 Å². The average molecular weight is 415 g/mol. The zero-order valence-electron chi connectivity index (χ0n) is 18.2. The molecule has 1 saturated heterocycles. The minimum absolute atomic E-state index is 0.0839. The van der Waals surface area contributed by atoms with E-state index in [2.05, 4.69) is 25.6 Å². The van der Waals surface area contributed by atoms with Gasteiger partial charge in [-0.25, -0.2) is 14.8 Å². The van der Waals surface area contributed by atoms with Crippen LogP contribution < -0.4 is 15.4 Å². The van der Waals surface area contributed by atoms with E-state index in [0.29, 0.717) is 30.6 Å². The fourth-order valence-corrected chi connectivity index (χ4v) is 3.20. The predicted molar refractivity (Wildman–Crippen MR) is 115 cm³/mol. The molecule has 2 N–H and O–H groups in total. The molecule has 0 spiro atoms. The third kappa shape index (κ3) is 5.71. The number of likely N-dealkylation sites (tertiary alicyclic amines) is 1. The Kier molecular flexibility index (Phi) is 6.59. The van der Waals surface area contributed by atoms with Gasteiger partial charge in [-0.3, -0.25) is 0 Å². The number of aromatic nitrogens is 3. The van der Waals surface area contributed by atoms with E-state index in [0.717, 1.165) is 24.2 Å². The predicted octanol–water partition coefficient (Wildman–Crippen LogP) is 3.74. The molecular formula is C21H30N6O3. The molecule has 2 aromatic heterocycles. The Morgan fingerprint density at radius 3 is 2.83 bits per heavy atom. The lowest BCUT2D eigenvalue weighted by Crippen LogP contribution is -2.47. The molecule has 0 bridgehead atoms. The first-order chi connectivity index (χ1) is 14.2. The summed E-state index contributed by atoms with van der Waals surface area (Å²) in [6.45, 7) is 8.84. The Morgan fingerprint density at radius 2 is 2.10 bits per heavy atom. The first kappa shape index (κ1) is 21.6. The molecule has 1 atom stereocenters. The van der Waals surface area contributed by atoms with Crippen LogP contribution in [0.15, 0.2) is 24.5 Å². The second kappa shape index (κ2) is 9.15. The van der Waals surface area contributed by atoms with Crippen LogP contribution in [-0.4, -0.2) is 57.8 Å². The second-order valence-corrected chi connectivity index (χ2v) is 8.32. The van der Waals surface area contributed by atoms with Gasteiger partial charge in [0.15, 0.2) is 0 Å². The number of hydrogen-bond acceptors (Lipinski definition) is 8. The maximum atomic E-state index is 12.4. The molecule has 0 aromatic carbocycles. The van der Waals surface area contributed by atoms with Crippen LogP contribution >= 0.6 is 0 Å². The van der Waals surface area contributed by atoms with Crippen molar-refractivity contribution in [3.8, 4) is 5.88 Å². The molecule has 3 rings (SSSR count). The third-order valence-corrected chi connectivity index (χ3v) is 4.60. The molecule has 162 valence electrons. The van der Waals surface area contributed by atoms with Crippen molar-refractivity contribution in [1.29, 1.82) is 0 Å². The van der Waals surface area contributed by atoms with Crippen LogP contribution in [0.1, 0.15) is 39.2 Å². The van der Waals surface area contributed by atoms with Crippen LogP contribution in [0.2, 0.25) is 0 Å². The number of ether oxygens (including phenoxy) is 2. The van der Waals surface area contributed by atoms with Crippen LogP contribution in [0.4, 0.5) is 22.2 Å². The van der Waals surface area contributed by atoms with Gasteiger partial charge < -0.3 is 25.0 Å². The van der Waals surface area contributed by atoms with Gasteiger partial charge in [-0.2, -0.15) is 4.98 Å². The monoisotopic (exact) mass is 414 g/mol. The van der Waals surface area contributed by atoms with E-state index in [-0.39, 0.29) is 12.1 Å². The van der Waals surface area contributed by atoms with E-state index in [9.17, 15) is 4.79 Å². The molecule has 0 aliphatic carbocycles. The third-order valence-electron chi connectivity index (χ3n) is 4.60. The standard InChI is InChI=1S/C21H30N6O3/c1-14-12-23-19(25-16-9-6-10-22-18(16)29-5)26-17(14)24-15-8-7-11-27(13-15)20(28)30-21(2,3)4/h6,9-10,12,15H,7-8,11,13H2,1-5H3,(H2,23,24,25,26). The van der Waals surface area contributed by atoms with Crippen molar-refractivity contribution in [3.05, 3.63) is 30.1 Å². The van der Waals surface area contributed by atoms with Crippen molar-refractivity contribution >= 4 is 23.5 Å². The Morgan fingerprint density at radius 1 is 1.30 bits per heavy atom. The lowest BCUT2D eigenvalue weighted by molar-refractivity contribution is 0.0206. The topological polar surface area (TPSA) is 102 Å². The molecule has 1 amide bonds. The number of methoxy groups -OCH3 is 1. The van der Waals surface area contributed by atoms with Crippen molar-refractivity contribution in [1.82, 2.24) is 19.9 Å². The van der Waals surface area contributed by atoms with E-state index >= 15 is 0 Å². The van der Waals surface area contributed by atoms with Gasteiger partial charge >= 0.3 is 6.09 Å². The van der Waals surface area contributed by atoms with Crippen molar-refractivity contribution in [2.24, 2.45) is 0 Å². The number of carbonyl (C=O) groups is 1. The zero-order valence-corrected chi connectivity index (χ0v) is 18.2. The zero-order chi connectivity index (χ0) is 21.7. The highest BCUT2D eigenvalue weighted by molar-refractivity contribution is 5.68. The molecule has 3 heterocycles. The summed E-state index contributed by atoms with van der Waals surface area (Å²) >= 11 is 0. The van der Waals surface area contributed by atoms with Crippen molar-refractivity contribution in [2.45, 2.75) is 52.2 Å². The van der Waals surface area contributed by atoms with Crippen LogP contribution in [0.3, 0.4) is 0 Å². The summed E-state index contributed by atoms with van der Waals surface area (Å²) < 4.78 is 10.8. The Bertz CT molecular complexity index is 883. The number of nitrogens with zero attached hydrogens (tertiary/aromatic N) is 4. The number of piperidine rings is 1. The van der Waals surface area contributed by atoms with Gasteiger partial charge in [0.25, 0.3) is 0 Å². The molecule has 0 saturated carbocycles. The van der Waals surface area contributed by atoms with Gasteiger partial charge in [0, 0.05) is 37.1 Å². The lowest BCUT2D eigenvalue weighted by Gasteiger charge is -2.34. The first-order valence-electron chi connectivity index (χ1n) is 10.1. The number of pyridine rings is 1. The summed E-state index contributed by atoms with van der Waals surface area (Å²) in [6.07, 6.45) is 4.99. The number of hydrogen-bond donors (Lipinski definition) is 2. The van der Waals surface area contributed by atoms with Gasteiger partial charge in [-0.15, -0.1) is 0 Å². The van der Waals surface area contributed by atoms with Gasteiger partial charge in [-0.1, -0.05) is 0 Å². The minimum atomic E-state index is -0.505. The highest BCUT2D eigenvalue weighted by atomic mass is 16.6. The fraction of sp³-hybridized carbons (Fsp3) is 0.524. The maximum Gasteiger partial charge on any atom is 0.410 e. The lowest BCUT2D eigenvalue weighted by atomic mass is 10.1. The Labute approximate surface area is 177 Å². The van der Waals surface area contributed by atoms with Crippen molar-refractivity contribution in [3.63, 3.8) is 0 Å². The smallest absolute Gasteiger partial charge is 0.410 e. The molecule has 9 nitrogen and oxygen atoms in total. The van der Waals surface area contributed by atoms with E-state index in [1.807, 2.05) is 39.8 Å². The fourth-order valence-electron chi connectivity index (χ4n) is 3.20. The van der Waals surface area contributed by atoms with Crippen LogP contribution in [-0.2, 0) is 4.74 Å². The number of aryl methyl sites for hydroxylation is 1. The molecule has 9 heteroatoms. The van der Waals surface area contributed by atoms with Crippen molar-refractivity contribution < 1.29 is 14.3 Å². The number of nitrogens with one attached hydrogen (secondary N) is 2. The molecule has 30 heavy (non-hydrogen) atoms. The summed E-state index contributed by atoms with van der Waals surface area (Å²) in [6, 6.07) is 3.74. The van der Waals surface area contributed by atoms with Gasteiger partial charge in [0.1, 0.15) is 17.1 Å². The van der Waals surface area contributed by atoms with E-state index in [1.54, 1.807) is 24.4 Å². The highest BCUT2D eigenvalue weighted by Gasteiger charge is 2.28. The normalized spacial score (nSPS) is 16.7. The van der Waals surface area contributed by atoms with Gasteiger partial charge in [0.05, 0.1) is 7.11 Å².